The van der Waals surface area contributed by atoms with Crippen LogP contribution in [0.25, 0.3) is 17.1 Å². The number of benzene rings is 2. The lowest BCUT2D eigenvalue weighted by Gasteiger charge is -2.17. The van der Waals surface area contributed by atoms with Crippen LogP contribution in [0.4, 0.5) is 11.4 Å². The predicted octanol–water partition coefficient (Wildman–Crippen LogP) is 6.90. The van der Waals surface area contributed by atoms with Crippen LogP contribution in [0.5, 0.6) is 0 Å². The van der Waals surface area contributed by atoms with E-state index in [9.17, 15) is 0 Å². The van der Waals surface area contributed by atoms with Crippen LogP contribution in [-0.4, -0.2) is 11.5 Å². The van der Waals surface area contributed by atoms with Gasteiger partial charge in [-0.2, -0.15) is 0 Å². The normalized spacial score (nSPS) is 15.0. The van der Waals surface area contributed by atoms with Gasteiger partial charge in [-0.3, -0.25) is 0 Å². The van der Waals surface area contributed by atoms with Crippen LogP contribution in [0.3, 0.4) is 0 Å². The lowest BCUT2D eigenvalue weighted by molar-refractivity contribution is -0.669. The standard InChI is InChI=1S/C21H18Cl4N4/c1-3-28-18-10-14(24)12(22)8-16(18)26-20(28)6-5-7-21-27-17-9-13(23)15(25)11-19(17)29(21)4-2/h5-11H,3-4H2,1-2H3,(H,26,27)/p+1. The Labute approximate surface area is 189 Å². The Hall–Kier alpha value is -1.85. The number of hydrogen-bond acceptors (Lipinski definition) is 2. The number of aryl methyl sites for hydroxylation is 1. The lowest BCUT2D eigenvalue weighted by atomic mass is 10.2. The van der Waals surface area contributed by atoms with Crippen LogP contribution < -0.4 is 14.8 Å². The molecule has 0 saturated carbocycles. The molecule has 2 aromatic carbocycles. The maximum absolute atomic E-state index is 6.20. The van der Waals surface area contributed by atoms with E-state index >= 15 is 0 Å². The molecule has 0 aliphatic carbocycles. The molecule has 8 heteroatoms. The third-order valence-corrected chi connectivity index (χ3v) is 6.35. The fourth-order valence-electron chi connectivity index (χ4n) is 3.57. The molecule has 0 unspecified atom stereocenters. The first kappa shape index (κ1) is 20.4. The summed E-state index contributed by atoms with van der Waals surface area (Å²) in [5, 5.41) is 5.55. The Balaban J connectivity index is 1.67. The monoisotopic (exact) mass is 467 g/mol. The minimum absolute atomic E-state index is 0.533. The minimum atomic E-state index is 0.533. The summed E-state index contributed by atoms with van der Waals surface area (Å²) < 4.78 is 2.15. The highest BCUT2D eigenvalue weighted by atomic mass is 35.5. The lowest BCUT2D eigenvalue weighted by Crippen LogP contribution is -2.34. The number of H-pyrrole nitrogens is 1. The van der Waals surface area contributed by atoms with Crippen molar-refractivity contribution >= 4 is 74.9 Å². The second kappa shape index (κ2) is 8.11. The molecule has 0 radical (unpaired) electrons. The summed E-state index contributed by atoms with van der Waals surface area (Å²) in [6.45, 7) is 5.78. The average Bonchev–Trinajstić information content (AvgIpc) is 3.19. The van der Waals surface area contributed by atoms with E-state index < -0.39 is 0 Å². The molecule has 150 valence electrons. The van der Waals surface area contributed by atoms with Crippen LogP contribution in [0.2, 0.25) is 20.1 Å². The molecule has 3 aromatic rings. The summed E-state index contributed by atoms with van der Waals surface area (Å²) in [6, 6.07) is 7.47. The minimum Gasteiger partial charge on any atom is -0.340 e. The molecule has 29 heavy (non-hydrogen) atoms. The summed E-state index contributed by atoms with van der Waals surface area (Å²) in [4.78, 5) is 5.55. The summed E-state index contributed by atoms with van der Waals surface area (Å²) in [5.41, 5.74) is 3.92. The van der Waals surface area contributed by atoms with Gasteiger partial charge in [-0.25, -0.2) is 9.55 Å². The topological polar surface area (TPSA) is 34.9 Å². The molecule has 2 N–H and O–H groups in total. The number of aromatic nitrogens is 2. The first-order chi connectivity index (χ1) is 13.9. The number of imidazole rings is 1. The van der Waals surface area contributed by atoms with E-state index in [4.69, 9.17) is 46.4 Å². The highest BCUT2D eigenvalue weighted by Gasteiger charge is 2.23. The van der Waals surface area contributed by atoms with Crippen LogP contribution in [0, 0.1) is 0 Å². The Morgan fingerprint density at radius 2 is 1.66 bits per heavy atom. The van der Waals surface area contributed by atoms with E-state index in [1.807, 2.05) is 42.5 Å². The van der Waals surface area contributed by atoms with Gasteiger partial charge in [0.2, 0.25) is 0 Å². The first-order valence-corrected chi connectivity index (χ1v) is 10.8. The number of anilines is 2. The quantitative estimate of drug-likeness (QED) is 0.408. The number of nitrogens with one attached hydrogen (secondary N) is 2. The molecule has 0 spiro atoms. The van der Waals surface area contributed by atoms with Crippen molar-refractivity contribution in [1.29, 1.82) is 0 Å². The van der Waals surface area contributed by atoms with Crippen molar-refractivity contribution < 1.29 is 4.57 Å². The molecule has 0 amide bonds. The number of aromatic amines is 1. The Morgan fingerprint density at radius 1 is 0.966 bits per heavy atom. The van der Waals surface area contributed by atoms with E-state index in [1.54, 1.807) is 0 Å². The van der Waals surface area contributed by atoms with Gasteiger partial charge < -0.3 is 10.2 Å². The van der Waals surface area contributed by atoms with Gasteiger partial charge in [-0.1, -0.05) is 52.5 Å². The van der Waals surface area contributed by atoms with E-state index in [-0.39, 0.29) is 0 Å². The summed E-state index contributed by atoms with van der Waals surface area (Å²) in [7, 11) is 0. The van der Waals surface area contributed by atoms with Crippen molar-refractivity contribution in [3.8, 4) is 0 Å². The molecule has 1 aliphatic heterocycles. The van der Waals surface area contributed by atoms with Crippen molar-refractivity contribution in [2.45, 2.75) is 20.4 Å². The summed E-state index contributed by atoms with van der Waals surface area (Å²) >= 11 is 24.7. The maximum Gasteiger partial charge on any atom is 0.280 e. The molecular weight excluding hydrogens is 450 g/mol. The average molecular weight is 469 g/mol. The largest absolute Gasteiger partial charge is 0.340 e. The zero-order valence-electron chi connectivity index (χ0n) is 15.9. The van der Waals surface area contributed by atoms with E-state index in [1.165, 1.54) is 0 Å². The molecule has 4 nitrogen and oxygen atoms in total. The Bertz CT molecular complexity index is 1160. The highest BCUT2D eigenvalue weighted by molar-refractivity contribution is 6.43. The third kappa shape index (κ3) is 3.71. The van der Waals surface area contributed by atoms with Gasteiger partial charge in [-0.05, 0) is 32.1 Å². The van der Waals surface area contributed by atoms with Gasteiger partial charge in [0.05, 0.1) is 38.0 Å². The fraction of sp³-hybridized carbons (Fsp3) is 0.190. The molecule has 0 fully saturated rings. The molecule has 0 bridgehead atoms. The van der Waals surface area contributed by atoms with Crippen LogP contribution >= 0.6 is 46.4 Å². The number of rotatable bonds is 4. The molecule has 1 aliphatic rings. The molecule has 1 aromatic heterocycles. The second-order valence-electron chi connectivity index (χ2n) is 6.60. The third-order valence-electron chi connectivity index (χ3n) is 4.91. The summed E-state index contributed by atoms with van der Waals surface area (Å²) in [5.74, 6) is 1.92. The van der Waals surface area contributed by atoms with Gasteiger partial charge in [0, 0.05) is 24.8 Å². The number of allylic oxidation sites excluding steroid dienone is 2. The van der Waals surface area contributed by atoms with E-state index in [2.05, 4.69) is 33.6 Å². The van der Waals surface area contributed by atoms with Gasteiger partial charge >= 0.3 is 0 Å². The van der Waals surface area contributed by atoms with Crippen molar-refractivity contribution in [2.75, 3.05) is 16.8 Å². The van der Waals surface area contributed by atoms with Crippen LogP contribution in [-0.2, 0) is 6.54 Å². The van der Waals surface area contributed by atoms with E-state index in [0.717, 1.165) is 47.1 Å². The Morgan fingerprint density at radius 3 is 2.38 bits per heavy atom. The summed E-state index contributed by atoms with van der Waals surface area (Å²) in [6.07, 6.45) is 6.05. The van der Waals surface area contributed by atoms with Crippen LogP contribution in [0.15, 0.2) is 42.2 Å². The molecule has 0 atom stereocenters. The van der Waals surface area contributed by atoms with Crippen molar-refractivity contribution in [3.05, 3.63) is 68.2 Å². The molecule has 0 saturated heterocycles. The van der Waals surface area contributed by atoms with Crippen molar-refractivity contribution in [2.24, 2.45) is 0 Å². The van der Waals surface area contributed by atoms with Crippen molar-refractivity contribution in [3.63, 3.8) is 0 Å². The zero-order valence-corrected chi connectivity index (χ0v) is 18.9. The number of nitrogens with zero attached hydrogens (tertiary/aromatic N) is 2. The second-order valence-corrected chi connectivity index (χ2v) is 8.23. The number of fused-ring (bicyclic) bond motifs is 2. The number of halogens is 4. The molecule has 4 rings (SSSR count). The SMILES string of the molecule is CCN1C(=CC=Cc2[nH]c3cc(Cl)c(Cl)cc3[n+]2CC)Nc2cc(Cl)c(Cl)cc21. The Kier molecular flexibility index (Phi) is 5.71. The molecule has 2 heterocycles. The zero-order chi connectivity index (χ0) is 20.7. The first-order valence-electron chi connectivity index (χ1n) is 9.25. The van der Waals surface area contributed by atoms with Crippen LogP contribution in [0.1, 0.15) is 19.7 Å². The predicted molar refractivity (Wildman–Crippen MR) is 124 cm³/mol. The van der Waals surface area contributed by atoms with Gasteiger partial charge in [0.25, 0.3) is 5.82 Å². The smallest absolute Gasteiger partial charge is 0.280 e. The number of hydrogen-bond donors (Lipinski definition) is 2. The highest BCUT2D eigenvalue weighted by Crippen LogP contribution is 2.41. The maximum atomic E-state index is 6.20. The van der Waals surface area contributed by atoms with Gasteiger partial charge in [-0.15, -0.1) is 0 Å². The van der Waals surface area contributed by atoms with E-state index in [0.29, 0.717) is 20.1 Å². The van der Waals surface area contributed by atoms with Gasteiger partial charge in [0.1, 0.15) is 5.82 Å². The van der Waals surface area contributed by atoms with Gasteiger partial charge in [0.15, 0.2) is 11.0 Å². The molecular formula is C21H19Cl4N4+. The van der Waals surface area contributed by atoms with Crippen molar-refractivity contribution in [1.82, 2.24) is 4.98 Å². The fourth-order valence-corrected chi connectivity index (χ4v) is 4.21.